The Morgan fingerprint density at radius 1 is 1.24 bits per heavy atom. The van der Waals surface area contributed by atoms with Crippen LogP contribution in [0.3, 0.4) is 0 Å². The number of benzene rings is 2. The number of aryl methyl sites for hydroxylation is 1. The zero-order chi connectivity index (χ0) is 17.6. The van der Waals surface area contributed by atoms with E-state index in [1.807, 2.05) is 56.3 Å². The molecule has 0 unspecified atom stereocenters. The third-order valence-corrected chi connectivity index (χ3v) is 4.76. The highest BCUT2D eigenvalue weighted by molar-refractivity contribution is 5.96. The van der Waals surface area contributed by atoms with Gasteiger partial charge in [-0.05, 0) is 44.0 Å². The zero-order valence-corrected chi connectivity index (χ0v) is 14.3. The largest absolute Gasteiger partial charge is 0.307 e. The van der Waals surface area contributed by atoms with Crippen molar-refractivity contribution in [3.05, 3.63) is 70.3 Å². The number of fused-ring (bicyclic) bond motifs is 2. The van der Waals surface area contributed by atoms with E-state index in [9.17, 15) is 9.59 Å². The maximum Gasteiger partial charge on any atom is 0.261 e. The van der Waals surface area contributed by atoms with E-state index in [-0.39, 0.29) is 24.1 Å². The van der Waals surface area contributed by atoms with Crippen LogP contribution in [0.4, 0.5) is 5.69 Å². The number of amides is 1. The number of aromatic nitrogens is 2. The number of para-hydroxylation sites is 1. The number of nitrogens with zero attached hydrogens (tertiary/aromatic N) is 3. The highest BCUT2D eigenvalue weighted by atomic mass is 16.2. The molecule has 0 saturated carbocycles. The SMILES string of the molecule is Cc1ccc2ncn(CC(=O)N3c4ccccc4C[C@H]3C)c(=O)c2c1. The molecule has 1 aromatic heterocycles. The monoisotopic (exact) mass is 333 g/mol. The van der Waals surface area contributed by atoms with Crippen LogP contribution in [0, 0.1) is 6.92 Å². The Kier molecular flexibility index (Phi) is 3.64. The summed E-state index contributed by atoms with van der Waals surface area (Å²) >= 11 is 0. The average Bonchev–Trinajstić information content (AvgIpc) is 2.93. The molecule has 1 atom stereocenters. The van der Waals surface area contributed by atoms with Gasteiger partial charge in [0, 0.05) is 11.7 Å². The maximum atomic E-state index is 12.9. The number of anilines is 1. The van der Waals surface area contributed by atoms with Gasteiger partial charge in [0.25, 0.3) is 5.56 Å². The highest BCUT2D eigenvalue weighted by Crippen LogP contribution is 2.31. The van der Waals surface area contributed by atoms with Crippen molar-refractivity contribution in [3.8, 4) is 0 Å². The molecule has 1 aliphatic rings. The summed E-state index contributed by atoms with van der Waals surface area (Å²) in [6.45, 7) is 3.96. The third-order valence-electron chi connectivity index (χ3n) is 4.76. The number of carbonyl (C=O) groups is 1. The summed E-state index contributed by atoms with van der Waals surface area (Å²) in [5.41, 5.74) is 3.58. The molecule has 2 heterocycles. The van der Waals surface area contributed by atoms with Gasteiger partial charge in [-0.25, -0.2) is 4.98 Å². The van der Waals surface area contributed by atoms with E-state index >= 15 is 0 Å². The summed E-state index contributed by atoms with van der Waals surface area (Å²) in [5, 5.41) is 0.546. The van der Waals surface area contributed by atoms with Gasteiger partial charge in [0.2, 0.25) is 5.91 Å². The summed E-state index contributed by atoms with van der Waals surface area (Å²) < 4.78 is 1.40. The van der Waals surface area contributed by atoms with E-state index in [1.165, 1.54) is 16.5 Å². The Balaban J connectivity index is 1.69. The van der Waals surface area contributed by atoms with Crippen molar-refractivity contribution in [3.63, 3.8) is 0 Å². The minimum atomic E-state index is -0.179. The fraction of sp³-hybridized carbons (Fsp3) is 0.250. The van der Waals surface area contributed by atoms with Crippen LogP contribution in [0.2, 0.25) is 0 Å². The van der Waals surface area contributed by atoms with Crippen molar-refractivity contribution in [2.24, 2.45) is 0 Å². The number of carbonyl (C=O) groups excluding carboxylic acids is 1. The lowest BCUT2D eigenvalue weighted by molar-refractivity contribution is -0.119. The smallest absolute Gasteiger partial charge is 0.261 e. The van der Waals surface area contributed by atoms with Crippen molar-refractivity contribution in [1.29, 1.82) is 0 Å². The van der Waals surface area contributed by atoms with E-state index in [1.54, 1.807) is 4.90 Å². The molecule has 3 aromatic rings. The van der Waals surface area contributed by atoms with Gasteiger partial charge in [-0.1, -0.05) is 29.8 Å². The highest BCUT2D eigenvalue weighted by Gasteiger charge is 2.30. The summed E-state index contributed by atoms with van der Waals surface area (Å²) in [4.78, 5) is 31.7. The van der Waals surface area contributed by atoms with Crippen LogP contribution in [-0.2, 0) is 17.8 Å². The van der Waals surface area contributed by atoms with Crippen molar-refractivity contribution in [1.82, 2.24) is 9.55 Å². The zero-order valence-electron chi connectivity index (χ0n) is 14.3. The van der Waals surface area contributed by atoms with Crippen LogP contribution < -0.4 is 10.5 Å². The first kappa shape index (κ1) is 15.6. The molecule has 0 N–H and O–H groups in total. The summed E-state index contributed by atoms with van der Waals surface area (Å²) in [6.07, 6.45) is 2.30. The van der Waals surface area contributed by atoms with Gasteiger partial charge < -0.3 is 4.90 Å². The fourth-order valence-electron chi connectivity index (χ4n) is 3.55. The normalized spacial score (nSPS) is 16.2. The lowest BCUT2D eigenvalue weighted by Crippen LogP contribution is -2.40. The third kappa shape index (κ3) is 2.61. The van der Waals surface area contributed by atoms with Crippen molar-refractivity contribution in [2.75, 3.05) is 4.90 Å². The second-order valence-electron chi connectivity index (χ2n) is 6.64. The van der Waals surface area contributed by atoms with E-state index in [4.69, 9.17) is 0 Å². The van der Waals surface area contributed by atoms with E-state index in [0.717, 1.165) is 17.7 Å². The van der Waals surface area contributed by atoms with Gasteiger partial charge in [0.05, 0.1) is 17.2 Å². The first-order valence-electron chi connectivity index (χ1n) is 8.40. The van der Waals surface area contributed by atoms with Gasteiger partial charge in [0.1, 0.15) is 6.54 Å². The first-order chi connectivity index (χ1) is 12.0. The van der Waals surface area contributed by atoms with Crippen LogP contribution >= 0.6 is 0 Å². The first-order valence-corrected chi connectivity index (χ1v) is 8.40. The summed E-state index contributed by atoms with van der Waals surface area (Å²) in [5.74, 6) is -0.0895. The molecule has 0 saturated heterocycles. The second-order valence-corrected chi connectivity index (χ2v) is 6.64. The molecule has 4 rings (SSSR count). The second kappa shape index (κ2) is 5.84. The van der Waals surface area contributed by atoms with E-state index in [0.29, 0.717) is 10.9 Å². The minimum absolute atomic E-state index is 0.00557. The van der Waals surface area contributed by atoms with Crippen LogP contribution in [-0.4, -0.2) is 21.5 Å². The number of rotatable bonds is 2. The van der Waals surface area contributed by atoms with E-state index < -0.39 is 0 Å². The minimum Gasteiger partial charge on any atom is -0.307 e. The fourth-order valence-corrected chi connectivity index (χ4v) is 3.55. The molecule has 5 nitrogen and oxygen atoms in total. The van der Waals surface area contributed by atoms with Crippen molar-refractivity contribution >= 4 is 22.5 Å². The molecular weight excluding hydrogens is 314 g/mol. The van der Waals surface area contributed by atoms with Gasteiger partial charge in [-0.2, -0.15) is 0 Å². The molecule has 1 aliphatic heterocycles. The molecule has 5 heteroatoms. The van der Waals surface area contributed by atoms with Gasteiger partial charge >= 0.3 is 0 Å². The number of hydrogen-bond donors (Lipinski definition) is 0. The Morgan fingerprint density at radius 2 is 2.04 bits per heavy atom. The molecule has 2 aromatic carbocycles. The van der Waals surface area contributed by atoms with E-state index in [2.05, 4.69) is 4.98 Å². The summed E-state index contributed by atoms with van der Waals surface area (Å²) in [7, 11) is 0. The molecule has 1 amide bonds. The Bertz CT molecular complexity index is 1040. The number of hydrogen-bond acceptors (Lipinski definition) is 3. The standard InChI is InChI=1S/C20H19N3O2/c1-13-7-8-17-16(9-13)20(25)22(12-21-17)11-19(24)23-14(2)10-15-5-3-4-6-18(15)23/h3-9,12,14H,10-11H2,1-2H3/t14-/m1/s1. The summed E-state index contributed by atoms with van der Waals surface area (Å²) in [6, 6.07) is 13.6. The molecule has 25 heavy (non-hydrogen) atoms. The molecule has 126 valence electrons. The van der Waals surface area contributed by atoms with Crippen LogP contribution in [0.25, 0.3) is 10.9 Å². The maximum absolute atomic E-state index is 12.9. The lowest BCUT2D eigenvalue weighted by atomic mass is 10.1. The quantitative estimate of drug-likeness (QED) is 0.724. The lowest BCUT2D eigenvalue weighted by Gasteiger charge is -2.23. The predicted octanol–water partition coefficient (Wildman–Crippen LogP) is 2.68. The van der Waals surface area contributed by atoms with Gasteiger partial charge in [-0.15, -0.1) is 0 Å². The molecule has 0 spiro atoms. The van der Waals surface area contributed by atoms with Crippen LogP contribution in [0.15, 0.2) is 53.6 Å². The van der Waals surface area contributed by atoms with Crippen molar-refractivity contribution < 1.29 is 4.79 Å². The molecular formula is C20H19N3O2. The predicted molar refractivity (Wildman–Crippen MR) is 97.8 cm³/mol. The van der Waals surface area contributed by atoms with Crippen molar-refractivity contribution in [2.45, 2.75) is 32.9 Å². The molecule has 0 radical (unpaired) electrons. The average molecular weight is 333 g/mol. The Hall–Kier alpha value is -2.95. The molecule has 0 aliphatic carbocycles. The molecule has 0 bridgehead atoms. The van der Waals surface area contributed by atoms with Crippen LogP contribution in [0.1, 0.15) is 18.1 Å². The topological polar surface area (TPSA) is 55.2 Å². The Labute approximate surface area is 145 Å². The van der Waals surface area contributed by atoms with Gasteiger partial charge in [-0.3, -0.25) is 14.2 Å². The van der Waals surface area contributed by atoms with Crippen LogP contribution in [0.5, 0.6) is 0 Å². The molecule has 0 fully saturated rings. The Morgan fingerprint density at radius 3 is 2.88 bits per heavy atom. The van der Waals surface area contributed by atoms with Gasteiger partial charge in [0.15, 0.2) is 0 Å².